The summed E-state index contributed by atoms with van der Waals surface area (Å²) in [6.07, 6.45) is 1.39. The summed E-state index contributed by atoms with van der Waals surface area (Å²) >= 11 is 0. The van der Waals surface area contributed by atoms with Crippen LogP contribution in [0.2, 0.25) is 0 Å². The van der Waals surface area contributed by atoms with Crippen molar-refractivity contribution in [3.63, 3.8) is 0 Å². The van der Waals surface area contributed by atoms with Crippen molar-refractivity contribution in [3.05, 3.63) is 35.9 Å². The van der Waals surface area contributed by atoms with Crippen LogP contribution >= 0.6 is 0 Å². The molecule has 1 atom stereocenters. The van der Waals surface area contributed by atoms with Gasteiger partial charge < -0.3 is 10.2 Å². The maximum atomic E-state index is 12.1. The summed E-state index contributed by atoms with van der Waals surface area (Å²) in [5, 5.41) is 2.72. The van der Waals surface area contributed by atoms with E-state index in [-0.39, 0.29) is 5.91 Å². The monoisotopic (exact) mass is 310 g/mol. The lowest BCUT2D eigenvalue weighted by Gasteiger charge is -2.35. The standard InChI is InChI=1S/C14H18N2O4S/c1-21(19,20)10-13(17)16-8-7-15-14(18)12(16)9-11-5-3-2-4-6-11/h2-6,12H,7-10H2,1H3,(H,15,18). The van der Waals surface area contributed by atoms with Gasteiger partial charge in [-0.25, -0.2) is 8.42 Å². The van der Waals surface area contributed by atoms with Crippen LogP contribution in [0.4, 0.5) is 0 Å². The highest BCUT2D eigenvalue weighted by atomic mass is 32.2. The smallest absolute Gasteiger partial charge is 0.243 e. The van der Waals surface area contributed by atoms with Crippen molar-refractivity contribution in [2.45, 2.75) is 12.5 Å². The third-order valence-electron chi connectivity index (χ3n) is 3.31. The van der Waals surface area contributed by atoms with Crippen molar-refractivity contribution in [2.24, 2.45) is 0 Å². The summed E-state index contributed by atoms with van der Waals surface area (Å²) in [6, 6.07) is 8.69. The van der Waals surface area contributed by atoms with Crippen LogP contribution < -0.4 is 5.32 Å². The summed E-state index contributed by atoms with van der Waals surface area (Å²) < 4.78 is 22.6. The molecule has 1 fully saturated rings. The van der Waals surface area contributed by atoms with Crippen molar-refractivity contribution >= 4 is 21.7 Å². The average molecular weight is 310 g/mol. The van der Waals surface area contributed by atoms with Gasteiger partial charge >= 0.3 is 0 Å². The Morgan fingerprint density at radius 1 is 1.33 bits per heavy atom. The molecule has 1 saturated heterocycles. The van der Waals surface area contributed by atoms with Gasteiger partial charge in [0.25, 0.3) is 0 Å². The number of hydrogen-bond acceptors (Lipinski definition) is 4. The van der Waals surface area contributed by atoms with Crippen molar-refractivity contribution in [2.75, 3.05) is 25.1 Å². The predicted molar refractivity (Wildman–Crippen MR) is 78.4 cm³/mol. The number of piperazine rings is 1. The molecular weight excluding hydrogens is 292 g/mol. The molecule has 1 aliphatic heterocycles. The molecular formula is C14H18N2O4S. The average Bonchev–Trinajstić information content (AvgIpc) is 2.40. The Morgan fingerprint density at radius 2 is 2.00 bits per heavy atom. The minimum absolute atomic E-state index is 0.244. The molecule has 2 amide bonds. The predicted octanol–water partition coefficient (Wildman–Crippen LogP) is -0.399. The maximum absolute atomic E-state index is 12.1. The van der Waals surface area contributed by atoms with Crippen LogP contribution in [0.5, 0.6) is 0 Å². The van der Waals surface area contributed by atoms with Crippen LogP contribution in [-0.2, 0) is 25.8 Å². The molecule has 1 aromatic rings. The SMILES string of the molecule is CS(=O)(=O)CC(=O)N1CCNC(=O)C1Cc1ccccc1. The molecule has 2 rings (SSSR count). The number of sulfone groups is 1. The molecule has 1 aliphatic rings. The lowest BCUT2D eigenvalue weighted by atomic mass is 10.0. The highest BCUT2D eigenvalue weighted by Gasteiger charge is 2.33. The molecule has 114 valence electrons. The second-order valence-electron chi connectivity index (χ2n) is 5.15. The van der Waals surface area contributed by atoms with E-state index in [0.717, 1.165) is 11.8 Å². The van der Waals surface area contributed by atoms with Crippen molar-refractivity contribution in [1.82, 2.24) is 10.2 Å². The van der Waals surface area contributed by atoms with Crippen LogP contribution in [0.25, 0.3) is 0 Å². The molecule has 0 aromatic heterocycles. The normalized spacial score (nSPS) is 19.2. The highest BCUT2D eigenvalue weighted by Crippen LogP contribution is 2.13. The summed E-state index contributed by atoms with van der Waals surface area (Å²) in [4.78, 5) is 25.5. The Labute approximate surface area is 124 Å². The van der Waals surface area contributed by atoms with Gasteiger partial charge in [0.15, 0.2) is 9.84 Å². The van der Waals surface area contributed by atoms with Gasteiger partial charge in [0.2, 0.25) is 11.8 Å². The Kier molecular flexibility index (Phi) is 4.62. The Hall–Kier alpha value is -1.89. The van der Waals surface area contributed by atoms with Gasteiger partial charge in [0.05, 0.1) is 0 Å². The van der Waals surface area contributed by atoms with Gasteiger partial charge in [-0.2, -0.15) is 0 Å². The quantitative estimate of drug-likeness (QED) is 0.820. The molecule has 1 heterocycles. The van der Waals surface area contributed by atoms with Gasteiger partial charge in [-0.1, -0.05) is 30.3 Å². The highest BCUT2D eigenvalue weighted by molar-refractivity contribution is 7.91. The lowest BCUT2D eigenvalue weighted by Crippen LogP contribution is -2.58. The van der Waals surface area contributed by atoms with E-state index in [1.54, 1.807) is 0 Å². The number of carbonyl (C=O) groups is 2. The van der Waals surface area contributed by atoms with Crippen LogP contribution in [-0.4, -0.2) is 56.3 Å². The first-order chi connectivity index (χ1) is 9.87. The molecule has 1 unspecified atom stereocenters. The molecule has 21 heavy (non-hydrogen) atoms. The lowest BCUT2D eigenvalue weighted by molar-refractivity contribution is -0.141. The van der Waals surface area contributed by atoms with Crippen LogP contribution in [0.15, 0.2) is 30.3 Å². The molecule has 0 aliphatic carbocycles. The summed E-state index contributed by atoms with van der Waals surface area (Å²) in [7, 11) is -3.41. The molecule has 7 heteroatoms. The summed E-state index contributed by atoms with van der Waals surface area (Å²) in [5.74, 6) is -1.33. The fourth-order valence-corrected chi connectivity index (χ4v) is 2.98. The zero-order chi connectivity index (χ0) is 15.5. The molecule has 0 saturated carbocycles. The summed E-state index contributed by atoms with van der Waals surface area (Å²) in [5.41, 5.74) is 0.928. The zero-order valence-corrected chi connectivity index (χ0v) is 12.6. The third kappa shape index (κ3) is 4.29. The largest absolute Gasteiger partial charge is 0.353 e. The number of nitrogens with one attached hydrogen (secondary N) is 1. The maximum Gasteiger partial charge on any atom is 0.243 e. The Morgan fingerprint density at radius 3 is 2.62 bits per heavy atom. The molecule has 1 N–H and O–H groups in total. The molecule has 0 radical (unpaired) electrons. The van der Waals surface area contributed by atoms with E-state index in [4.69, 9.17) is 0 Å². The van der Waals surface area contributed by atoms with E-state index in [9.17, 15) is 18.0 Å². The van der Waals surface area contributed by atoms with Crippen LogP contribution in [0, 0.1) is 0 Å². The van der Waals surface area contributed by atoms with Gasteiger partial charge in [-0.15, -0.1) is 0 Å². The van der Waals surface area contributed by atoms with Gasteiger partial charge in [-0.3, -0.25) is 9.59 Å². The number of carbonyl (C=O) groups excluding carboxylic acids is 2. The van der Waals surface area contributed by atoms with Gasteiger partial charge in [0, 0.05) is 25.8 Å². The number of hydrogen-bond donors (Lipinski definition) is 1. The second-order valence-corrected chi connectivity index (χ2v) is 7.29. The van der Waals surface area contributed by atoms with E-state index in [0.29, 0.717) is 19.5 Å². The van der Waals surface area contributed by atoms with E-state index in [2.05, 4.69) is 5.32 Å². The van der Waals surface area contributed by atoms with Crippen molar-refractivity contribution in [3.8, 4) is 0 Å². The molecule has 6 nitrogen and oxygen atoms in total. The molecule has 0 spiro atoms. The topological polar surface area (TPSA) is 83.6 Å². The first kappa shape index (κ1) is 15.5. The fraction of sp³-hybridized carbons (Fsp3) is 0.429. The molecule has 0 bridgehead atoms. The number of nitrogens with zero attached hydrogens (tertiary/aromatic N) is 1. The van der Waals surface area contributed by atoms with Crippen LogP contribution in [0.1, 0.15) is 5.56 Å². The number of benzene rings is 1. The van der Waals surface area contributed by atoms with Gasteiger partial charge in [0.1, 0.15) is 11.8 Å². The Bertz CT molecular complexity index is 628. The second kappa shape index (κ2) is 6.26. The van der Waals surface area contributed by atoms with E-state index >= 15 is 0 Å². The number of rotatable bonds is 4. The third-order valence-corrected chi connectivity index (χ3v) is 4.08. The van der Waals surface area contributed by atoms with Gasteiger partial charge in [-0.05, 0) is 5.56 Å². The summed E-state index contributed by atoms with van der Waals surface area (Å²) in [6.45, 7) is 0.678. The van der Waals surface area contributed by atoms with E-state index in [1.165, 1.54) is 4.90 Å². The fourth-order valence-electron chi connectivity index (χ4n) is 2.36. The van der Waals surface area contributed by atoms with E-state index in [1.807, 2.05) is 30.3 Å². The Balaban J connectivity index is 2.17. The van der Waals surface area contributed by atoms with Crippen molar-refractivity contribution in [1.29, 1.82) is 0 Å². The minimum Gasteiger partial charge on any atom is -0.353 e. The van der Waals surface area contributed by atoms with Crippen molar-refractivity contribution < 1.29 is 18.0 Å². The van der Waals surface area contributed by atoms with Crippen LogP contribution in [0.3, 0.4) is 0 Å². The first-order valence-electron chi connectivity index (χ1n) is 6.65. The van der Waals surface area contributed by atoms with E-state index < -0.39 is 27.5 Å². The zero-order valence-electron chi connectivity index (χ0n) is 11.8. The molecule has 1 aromatic carbocycles. The number of amides is 2. The minimum atomic E-state index is -3.41. The first-order valence-corrected chi connectivity index (χ1v) is 8.72.